The van der Waals surface area contributed by atoms with E-state index in [4.69, 9.17) is 9.72 Å². The van der Waals surface area contributed by atoms with Crippen LogP contribution in [0.5, 0.6) is 0 Å². The van der Waals surface area contributed by atoms with Gasteiger partial charge < -0.3 is 25.2 Å². The molecular weight excluding hydrogens is 665 g/mol. The van der Waals surface area contributed by atoms with E-state index >= 15 is 0 Å². The molecular formula is C43H50N6O4. The zero-order chi connectivity index (χ0) is 36.6. The molecule has 1 aliphatic carbocycles. The minimum atomic E-state index is -0.327. The quantitative estimate of drug-likeness (QED) is 0.181. The molecule has 3 heterocycles. The van der Waals surface area contributed by atoms with Crippen molar-refractivity contribution < 1.29 is 19.1 Å². The zero-order valence-corrected chi connectivity index (χ0v) is 30.7. The van der Waals surface area contributed by atoms with Gasteiger partial charge in [-0.1, -0.05) is 30.3 Å². The highest BCUT2D eigenvalue weighted by Gasteiger charge is 2.23. The van der Waals surface area contributed by atoms with Crippen LogP contribution in [0.15, 0.2) is 85.1 Å². The number of ether oxygens (including phenoxy) is 1. The first kappa shape index (κ1) is 36.3. The van der Waals surface area contributed by atoms with Gasteiger partial charge in [-0.15, -0.1) is 0 Å². The van der Waals surface area contributed by atoms with Crippen LogP contribution in [-0.2, 0) is 11.2 Å². The number of nitrogens with one attached hydrogen (secondary N) is 2. The van der Waals surface area contributed by atoms with Crippen molar-refractivity contribution in [2.75, 3.05) is 69.7 Å². The summed E-state index contributed by atoms with van der Waals surface area (Å²) in [7, 11) is 1.81. The van der Waals surface area contributed by atoms with Gasteiger partial charge in [0, 0.05) is 80.5 Å². The van der Waals surface area contributed by atoms with Gasteiger partial charge in [-0.2, -0.15) is 0 Å². The molecule has 0 spiro atoms. The largest absolute Gasteiger partial charge is 0.379 e. The van der Waals surface area contributed by atoms with Crippen LogP contribution in [0.3, 0.4) is 0 Å². The number of morpholine rings is 1. The van der Waals surface area contributed by atoms with Crippen LogP contribution in [-0.4, -0.2) is 92.0 Å². The predicted molar refractivity (Wildman–Crippen MR) is 209 cm³/mol. The van der Waals surface area contributed by atoms with E-state index in [0.29, 0.717) is 34.6 Å². The summed E-state index contributed by atoms with van der Waals surface area (Å²) in [5.74, 6) is -0.601. The molecule has 7 rings (SSSR count). The molecule has 2 fully saturated rings. The number of piperidine rings is 1. The van der Waals surface area contributed by atoms with Crippen LogP contribution in [0.2, 0.25) is 0 Å². The highest BCUT2D eigenvalue weighted by Crippen LogP contribution is 2.34. The van der Waals surface area contributed by atoms with Crippen LogP contribution < -0.4 is 15.5 Å². The molecule has 0 unspecified atom stereocenters. The number of nitrogens with zero attached hydrogens (tertiary/aromatic N) is 4. The average molecular weight is 715 g/mol. The van der Waals surface area contributed by atoms with E-state index < -0.39 is 0 Å². The zero-order valence-electron chi connectivity index (χ0n) is 30.7. The van der Waals surface area contributed by atoms with Crippen molar-refractivity contribution in [2.45, 2.75) is 51.0 Å². The first-order valence-corrected chi connectivity index (χ1v) is 19.1. The fourth-order valence-corrected chi connectivity index (χ4v) is 7.73. The number of hydrogen-bond donors (Lipinski definition) is 2. The maximum absolute atomic E-state index is 13.8. The number of amides is 3. The third-order valence-electron chi connectivity index (χ3n) is 10.7. The number of aromatic nitrogens is 1. The number of fused-ring (bicyclic) bond motifs is 1. The summed E-state index contributed by atoms with van der Waals surface area (Å²) in [6.07, 6.45) is 8.94. The molecule has 10 heteroatoms. The molecule has 3 aromatic carbocycles. The predicted octanol–water partition coefficient (Wildman–Crippen LogP) is 6.59. The smallest absolute Gasteiger partial charge is 0.255 e. The first-order chi connectivity index (χ1) is 25.9. The van der Waals surface area contributed by atoms with E-state index in [-0.39, 0.29) is 23.8 Å². The van der Waals surface area contributed by atoms with Crippen molar-refractivity contribution in [1.29, 1.82) is 0 Å². The molecule has 0 radical (unpaired) electrons. The molecule has 1 atom stereocenters. The normalized spacial score (nSPS) is 17.5. The minimum absolute atomic E-state index is 0.0427. The number of hydrogen-bond acceptors (Lipinski definition) is 7. The second-order valence-electron chi connectivity index (χ2n) is 14.4. The van der Waals surface area contributed by atoms with Crippen molar-refractivity contribution in [3.63, 3.8) is 0 Å². The molecule has 2 aliphatic heterocycles. The molecule has 3 amide bonds. The maximum atomic E-state index is 13.8. The summed E-state index contributed by atoms with van der Waals surface area (Å²) in [5.41, 5.74) is 6.79. The van der Waals surface area contributed by atoms with Gasteiger partial charge in [-0.3, -0.25) is 24.3 Å². The Kier molecular flexibility index (Phi) is 11.8. The number of rotatable bonds is 11. The van der Waals surface area contributed by atoms with E-state index in [1.54, 1.807) is 48.5 Å². The third kappa shape index (κ3) is 8.95. The minimum Gasteiger partial charge on any atom is -0.379 e. The van der Waals surface area contributed by atoms with E-state index in [2.05, 4.69) is 44.7 Å². The Morgan fingerprint density at radius 2 is 1.62 bits per heavy atom. The van der Waals surface area contributed by atoms with Gasteiger partial charge in [-0.05, 0) is 105 Å². The highest BCUT2D eigenvalue weighted by atomic mass is 16.5. The molecule has 2 saturated heterocycles. The summed E-state index contributed by atoms with van der Waals surface area (Å²) in [6.45, 7) is 6.82. The Balaban J connectivity index is 1.09. The van der Waals surface area contributed by atoms with Crippen molar-refractivity contribution in [1.82, 2.24) is 20.1 Å². The summed E-state index contributed by atoms with van der Waals surface area (Å²) in [4.78, 5) is 52.0. The summed E-state index contributed by atoms with van der Waals surface area (Å²) >= 11 is 0. The lowest BCUT2D eigenvalue weighted by Crippen LogP contribution is -2.38. The third-order valence-corrected chi connectivity index (χ3v) is 10.7. The number of aryl methyl sites for hydroxylation is 1. The van der Waals surface area contributed by atoms with E-state index in [1.165, 1.54) is 17.5 Å². The van der Waals surface area contributed by atoms with Crippen molar-refractivity contribution >= 4 is 29.1 Å². The Morgan fingerprint density at radius 3 is 2.47 bits per heavy atom. The lowest BCUT2D eigenvalue weighted by atomic mass is 9.87. The van der Waals surface area contributed by atoms with Gasteiger partial charge in [0.2, 0.25) is 0 Å². The van der Waals surface area contributed by atoms with Gasteiger partial charge in [0.25, 0.3) is 17.7 Å². The number of benzene rings is 3. The number of carbonyl (C=O) groups is 3. The average Bonchev–Trinajstić information content (AvgIpc) is 3.21. The SMILES string of the molecule is CN(CCCN1CCOCC1)C(=O)c1cccc(C(=O)Nc2ccc(N3CCCCC3)cc2-c2cc(C(=O)N[C@H]3CCCc4ccccc43)ccn2)c1. The summed E-state index contributed by atoms with van der Waals surface area (Å²) in [5, 5.41) is 6.38. The molecule has 2 N–H and O–H groups in total. The van der Waals surface area contributed by atoms with E-state index in [1.807, 2.05) is 24.3 Å². The maximum Gasteiger partial charge on any atom is 0.255 e. The lowest BCUT2D eigenvalue weighted by molar-refractivity contribution is 0.0361. The number of carbonyl (C=O) groups excluding carboxylic acids is 3. The number of pyridine rings is 1. The standard InChI is InChI=1S/C43H50N6O4/c1-47(20-9-21-48-24-26-53-27-25-48)43(52)34-13-7-12-32(28-34)41(50)46-39-17-16-35(49-22-5-2-6-23-49)30-37(39)40-29-33(18-19-44-40)42(51)45-38-15-8-11-31-10-3-4-14-36(31)38/h3-4,7,10,12-14,16-19,28-30,38H,2,5-6,8-9,11,15,20-27H2,1H3,(H,45,51)(H,46,50)/t38-/m0/s1. The second kappa shape index (κ2) is 17.2. The van der Waals surface area contributed by atoms with Crippen LogP contribution in [0.1, 0.15) is 86.8 Å². The monoisotopic (exact) mass is 714 g/mol. The van der Waals surface area contributed by atoms with Gasteiger partial charge in [0.1, 0.15) is 0 Å². The molecule has 53 heavy (non-hydrogen) atoms. The van der Waals surface area contributed by atoms with Crippen LogP contribution in [0.4, 0.5) is 11.4 Å². The van der Waals surface area contributed by atoms with Crippen molar-refractivity contribution in [2.24, 2.45) is 0 Å². The fourth-order valence-electron chi connectivity index (χ4n) is 7.73. The van der Waals surface area contributed by atoms with E-state index in [0.717, 1.165) is 95.7 Å². The molecule has 10 nitrogen and oxygen atoms in total. The molecule has 0 bridgehead atoms. The summed E-state index contributed by atoms with van der Waals surface area (Å²) in [6, 6.07) is 24.7. The Bertz CT molecular complexity index is 1920. The van der Waals surface area contributed by atoms with Crippen molar-refractivity contribution in [3.05, 3.63) is 113 Å². The molecule has 276 valence electrons. The first-order valence-electron chi connectivity index (χ1n) is 19.1. The van der Waals surface area contributed by atoms with Crippen LogP contribution >= 0.6 is 0 Å². The molecule has 3 aliphatic rings. The Hall–Kier alpha value is -5.06. The topological polar surface area (TPSA) is 107 Å². The number of anilines is 2. The van der Waals surface area contributed by atoms with Gasteiger partial charge >= 0.3 is 0 Å². The lowest BCUT2D eigenvalue weighted by Gasteiger charge is -2.29. The van der Waals surface area contributed by atoms with Crippen LogP contribution in [0, 0.1) is 0 Å². The van der Waals surface area contributed by atoms with Gasteiger partial charge in [-0.25, -0.2) is 0 Å². The van der Waals surface area contributed by atoms with Gasteiger partial charge in [0.15, 0.2) is 0 Å². The fraction of sp³-hybridized carbons (Fsp3) is 0.395. The summed E-state index contributed by atoms with van der Waals surface area (Å²) < 4.78 is 5.44. The van der Waals surface area contributed by atoms with Gasteiger partial charge in [0.05, 0.1) is 30.6 Å². The van der Waals surface area contributed by atoms with E-state index in [9.17, 15) is 14.4 Å². The van der Waals surface area contributed by atoms with Crippen LogP contribution in [0.25, 0.3) is 11.3 Å². The highest BCUT2D eigenvalue weighted by molar-refractivity contribution is 6.08. The van der Waals surface area contributed by atoms with Crippen molar-refractivity contribution in [3.8, 4) is 11.3 Å². The Morgan fingerprint density at radius 1 is 0.830 bits per heavy atom. The Labute approximate surface area is 312 Å². The molecule has 0 saturated carbocycles. The molecule has 1 aromatic heterocycles. The molecule has 4 aromatic rings. The second-order valence-corrected chi connectivity index (χ2v) is 14.4.